The number of unbranched alkanes of at least 4 members (excludes halogenated alkanes) is 3. The van der Waals surface area contributed by atoms with E-state index in [4.69, 9.17) is 0 Å². The average molecular weight is 276 g/mol. The summed E-state index contributed by atoms with van der Waals surface area (Å²) in [5.41, 5.74) is 1.19. The van der Waals surface area contributed by atoms with Gasteiger partial charge >= 0.3 is 0 Å². The molecule has 0 radical (unpaired) electrons. The van der Waals surface area contributed by atoms with Gasteiger partial charge in [-0.2, -0.15) is 0 Å². The number of hydrogen-bond donors (Lipinski definition) is 1. The highest BCUT2D eigenvalue weighted by Crippen LogP contribution is 2.17. The highest BCUT2D eigenvalue weighted by atomic mass is 32.1. The molecule has 0 aliphatic carbocycles. The van der Waals surface area contributed by atoms with Crippen molar-refractivity contribution in [1.82, 2.24) is 9.97 Å². The monoisotopic (exact) mass is 276 g/mol. The number of H-pyrrole nitrogens is 1. The molecular weight excluding hydrogens is 256 g/mol. The molecule has 0 aliphatic rings. The molecule has 0 aromatic carbocycles. The predicted octanol–water partition coefficient (Wildman–Crippen LogP) is 4.16. The molecule has 1 N–H and O–H groups in total. The Bertz CT molecular complexity index is 502. The molecule has 0 fully saturated rings. The number of aryl methyl sites for hydroxylation is 2. The first-order chi connectivity index (χ1) is 9.25. The first kappa shape index (κ1) is 14.0. The number of carbonyl (C=O) groups is 1. The van der Waals surface area contributed by atoms with Crippen LogP contribution in [0.5, 0.6) is 0 Å². The minimum Gasteiger partial charge on any atom is -0.349 e. The van der Waals surface area contributed by atoms with Crippen molar-refractivity contribution >= 4 is 17.1 Å². The van der Waals surface area contributed by atoms with E-state index in [2.05, 4.69) is 9.97 Å². The van der Waals surface area contributed by atoms with Crippen molar-refractivity contribution in [2.75, 3.05) is 0 Å². The fourth-order valence-corrected chi connectivity index (χ4v) is 2.94. The van der Waals surface area contributed by atoms with Gasteiger partial charge in [-0.05, 0) is 36.8 Å². The van der Waals surface area contributed by atoms with Gasteiger partial charge in [0, 0.05) is 25.2 Å². The van der Waals surface area contributed by atoms with Crippen LogP contribution in [-0.4, -0.2) is 15.8 Å². The van der Waals surface area contributed by atoms with Gasteiger partial charge in [-0.3, -0.25) is 4.79 Å². The smallest absolute Gasteiger partial charge is 0.172 e. The molecule has 102 valence electrons. The molecule has 0 saturated heterocycles. The van der Waals surface area contributed by atoms with Crippen molar-refractivity contribution in [3.8, 4) is 0 Å². The number of ketones is 1. The molecule has 2 aromatic rings. The molecule has 0 aliphatic heterocycles. The van der Waals surface area contributed by atoms with Crippen LogP contribution in [0.2, 0.25) is 0 Å². The molecule has 2 aromatic heterocycles. The maximum atomic E-state index is 11.9. The second kappa shape index (κ2) is 7.24. The summed E-state index contributed by atoms with van der Waals surface area (Å²) in [6, 6.07) is 1.99. The third-order valence-corrected chi connectivity index (χ3v) is 4.22. The Balaban J connectivity index is 1.55. The Labute approximate surface area is 118 Å². The first-order valence-corrected chi connectivity index (χ1v) is 7.70. The van der Waals surface area contributed by atoms with Crippen LogP contribution in [0, 0.1) is 6.92 Å². The molecule has 0 bridgehead atoms. The van der Waals surface area contributed by atoms with E-state index < -0.39 is 0 Å². The third-order valence-electron chi connectivity index (χ3n) is 3.13. The van der Waals surface area contributed by atoms with Crippen LogP contribution in [0.3, 0.4) is 0 Å². The van der Waals surface area contributed by atoms with Gasteiger partial charge in [-0.25, -0.2) is 4.98 Å². The standard InChI is InChI=1S/C15H20N2OS/c1-12-10-14(19-11-12)13(18)6-4-2-3-5-7-15-16-8-9-17-15/h8-11H,2-7H2,1H3,(H,16,17). The molecule has 3 nitrogen and oxygen atoms in total. The van der Waals surface area contributed by atoms with Gasteiger partial charge in [0.2, 0.25) is 0 Å². The Morgan fingerprint density at radius 2 is 2.16 bits per heavy atom. The zero-order chi connectivity index (χ0) is 13.5. The van der Waals surface area contributed by atoms with Gasteiger partial charge in [0.25, 0.3) is 0 Å². The molecule has 0 spiro atoms. The average Bonchev–Trinajstić information content (AvgIpc) is 3.04. The fraction of sp³-hybridized carbons (Fsp3) is 0.467. The summed E-state index contributed by atoms with van der Waals surface area (Å²) >= 11 is 1.56. The summed E-state index contributed by atoms with van der Waals surface area (Å²) in [6.07, 6.45) is 9.75. The summed E-state index contributed by atoms with van der Waals surface area (Å²) < 4.78 is 0. The zero-order valence-electron chi connectivity index (χ0n) is 11.3. The Kier molecular flexibility index (Phi) is 5.33. The lowest BCUT2D eigenvalue weighted by atomic mass is 10.1. The van der Waals surface area contributed by atoms with Crippen LogP contribution in [0.25, 0.3) is 0 Å². The minimum atomic E-state index is 0.295. The lowest BCUT2D eigenvalue weighted by Crippen LogP contribution is -1.96. The molecule has 0 amide bonds. The van der Waals surface area contributed by atoms with Gasteiger partial charge in [0.05, 0.1) is 4.88 Å². The van der Waals surface area contributed by atoms with Crippen LogP contribution < -0.4 is 0 Å². The largest absolute Gasteiger partial charge is 0.349 e. The quantitative estimate of drug-likeness (QED) is 0.581. The minimum absolute atomic E-state index is 0.295. The number of carbonyl (C=O) groups excluding carboxylic acids is 1. The predicted molar refractivity (Wildman–Crippen MR) is 78.8 cm³/mol. The number of Topliss-reactive ketones (excluding diaryl/α,β-unsaturated/α-hetero) is 1. The number of imidazole rings is 1. The van der Waals surface area contributed by atoms with Crippen LogP contribution in [0.1, 0.15) is 53.2 Å². The van der Waals surface area contributed by atoms with E-state index in [0.29, 0.717) is 12.2 Å². The summed E-state index contributed by atoms with van der Waals surface area (Å²) in [4.78, 5) is 20.1. The van der Waals surface area contributed by atoms with Crippen LogP contribution >= 0.6 is 11.3 Å². The Morgan fingerprint density at radius 1 is 1.32 bits per heavy atom. The van der Waals surface area contributed by atoms with E-state index in [-0.39, 0.29) is 0 Å². The molecule has 0 unspecified atom stereocenters. The molecule has 4 heteroatoms. The number of hydrogen-bond acceptors (Lipinski definition) is 3. The van der Waals surface area contributed by atoms with Gasteiger partial charge < -0.3 is 4.98 Å². The van der Waals surface area contributed by atoms with Gasteiger partial charge in [-0.15, -0.1) is 11.3 Å². The van der Waals surface area contributed by atoms with Crippen LogP contribution in [0.15, 0.2) is 23.8 Å². The van der Waals surface area contributed by atoms with Crippen LogP contribution in [-0.2, 0) is 6.42 Å². The van der Waals surface area contributed by atoms with Crippen LogP contribution in [0.4, 0.5) is 0 Å². The van der Waals surface area contributed by atoms with Crippen molar-refractivity contribution in [2.45, 2.75) is 45.4 Å². The highest BCUT2D eigenvalue weighted by molar-refractivity contribution is 7.12. The summed E-state index contributed by atoms with van der Waals surface area (Å²) in [5.74, 6) is 1.36. The number of aromatic nitrogens is 2. The molecule has 19 heavy (non-hydrogen) atoms. The van der Waals surface area contributed by atoms with E-state index in [1.54, 1.807) is 17.5 Å². The van der Waals surface area contributed by atoms with Crippen molar-refractivity contribution < 1.29 is 4.79 Å². The van der Waals surface area contributed by atoms with Crippen molar-refractivity contribution in [3.63, 3.8) is 0 Å². The zero-order valence-corrected chi connectivity index (χ0v) is 12.1. The maximum absolute atomic E-state index is 11.9. The van der Waals surface area contributed by atoms with Gasteiger partial charge in [-0.1, -0.05) is 12.8 Å². The van der Waals surface area contributed by atoms with E-state index in [1.165, 1.54) is 5.56 Å². The number of rotatable bonds is 8. The molecule has 0 saturated carbocycles. The molecule has 2 heterocycles. The number of nitrogens with one attached hydrogen (secondary N) is 1. The summed E-state index contributed by atoms with van der Waals surface area (Å²) in [7, 11) is 0. The van der Waals surface area contributed by atoms with E-state index in [0.717, 1.165) is 42.8 Å². The van der Waals surface area contributed by atoms with E-state index in [9.17, 15) is 4.79 Å². The van der Waals surface area contributed by atoms with Crippen molar-refractivity contribution in [3.05, 3.63) is 40.1 Å². The van der Waals surface area contributed by atoms with E-state index >= 15 is 0 Å². The van der Waals surface area contributed by atoms with E-state index in [1.807, 2.05) is 24.6 Å². The number of nitrogens with zero attached hydrogens (tertiary/aromatic N) is 1. The van der Waals surface area contributed by atoms with Crippen molar-refractivity contribution in [1.29, 1.82) is 0 Å². The van der Waals surface area contributed by atoms with Crippen molar-refractivity contribution in [2.24, 2.45) is 0 Å². The highest BCUT2D eigenvalue weighted by Gasteiger charge is 2.07. The van der Waals surface area contributed by atoms with Gasteiger partial charge in [0.1, 0.15) is 5.82 Å². The topological polar surface area (TPSA) is 45.8 Å². The molecular formula is C15H20N2OS. The lowest BCUT2D eigenvalue weighted by Gasteiger charge is -2.00. The number of aromatic amines is 1. The normalized spacial score (nSPS) is 10.8. The number of thiophene rings is 1. The second-order valence-electron chi connectivity index (χ2n) is 4.86. The third kappa shape index (κ3) is 4.63. The Hall–Kier alpha value is -1.42. The fourth-order valence-electron chi connectivity index (χ4n) is 2.07. The second-order valence-corrected chi connectivity index (χ2v) is 5.77. The maximum Gasteiger partial charge on any atom is 0.172 e. The molecule has 0 atom stereocenters. The SMILES string of the molecule is Cc1csc(C(=O)CCCCCCc2ncc[nH]2)c1. The molecule has 2 rings (SSSR count). The van der Waals surface area contributed by atoms with Gasteiger partial charge in [0.15, 0.2) is 5.78 Å². The summed E-state index contributed by atoms with van der Waals surface area (Å²) in [6.45, 7) is 2.03. The first-order valence-electron chi connectivity index (χ1n) is 6.82. The summed E-state index contributed by atoms with van der Waals surface area (Å²) in [5, 5.41) is 2.04. The Morgan fingerprint density at radius 3 is 2.84 bits per heavy atom. The lowest BCUT2D eigenvalue weighted by molar-refractivity contribution is 0.0983.